The Kier molecular flexibility index (Phi) is 12.2. The summed E-state index contributed by atoms with van der Waals surface area (Å²) in [4.78, 5) is 4.44. The van der Waals surface area contributed by atoms with Crippen LogP contribution >= 0.6 is 35.6 Å². The Hall–Kier alpha value is -0.610. The predicted molar refractivity (Wildman–Crippen MR) is 116 cm³/mol. The number of halogens is 2. The SMILES string of the molecule is CCNC(=NCC(O)c1ccc(Cl)cc1)NCCCOC1CCOC1.I. The van der Waals surface area contributed by atoms with Gasteiger partial charge in [0, 0.05) is 31.3 Å². The van der Waals surface area contributed by atoms with E-state index < -0.39 is 6.10 Å². The minimum absolute atomic E-state index is 0. The fourth-order valence-electron chi connectivity index (χ4n) is 2.48. The van der Waals surface area contributed by atoms with Gasteiger partial charge in [-0.05, 0) is 37.5 Å². The Labute approximate surface area is 177 Å². The number of hydrogen-bond acceptors (Lipinski definition) is 4. The van der Waals surface area contributed by atoms with Crippen molar-refractivity contribution in [3.63, 3.8) is 0 Å². The molecule has 0 aliphatic carbocycles. The van der Waals surface area contributed by atoms with Crippen LogP contribution in [-0.4, -0.2) is 56.6 Å². The highest BCUT2D eigenvalue weighted by Crippen LogP contribution is 2.16. The van der Waals surface area contributed by atoms with Crippen molar-refractivity contribution < 1.29 is 14.6 Å². The van der Waals surface area contributed by atoms with E-state index in [0.717, 1.165) is 38.1 Å². The van der Waals surface area contributed by atoms with Crippen molar-refractivity contribution in [2.75, 3.05) is 39.5 Å². The Morgan fingerprint density at radius 1 is 1.38 bits per heavy atom. The van der Waals surface area contributed by atoms with Crippen LogP contribution in [0.25, 0.3) is 0 Å². The highest BCUT2D eigenvalue weighted by molar-refractivity contribution is 14.0. The van der Waals surface area contributed by atoms with Gasteiger partial charge in [0.2, 0.25) is 0 Å². The summed E-state index contributed by atoms with van der Waals surface area (Å²) < 4.78 is 11.0. The molecule has 26 heavy (non-hydrogen) atoms. The molecule has 1 aliphatic rings. The van der Waals surface area contributed by atoms with Gasteiger partial charge in [-0.2, -0.15) is 0 Å². The second kappa shape index (κ2) is 13.5. The van der Waals surface area contributed by atoms with Crippen LogP contribution in [0.4, 0.5) is 0 Å². The Morgan fingerprint density at radius 2 is 2.15 bits per heavy atom. The lowest BCUT2D eigenvalue weighted by atomic mass is 10.1. The zero-order valence-electron chi connectivity index (χ0n) is 15.1. The Bertz CT molecular complexity index is 525. The average molecular weight is 498 g/mol. The van der Waals surface area contributed by atoms with Gasteiger partial charge >= 0.3 is 0 Å². The fourth-order valence-corrected chi connectivity index (χ4v) is 2.61. The number of ether oxygens (including phenoxy) is 2. The quantitative estimate of drug-likeness (QED) is 0.212. The first-order valence-corrected chi connectivity index (χ1v) is 9.22. The smallest absolute Gasteiger partial charge is 0.191 e. The van der Waals surface area contributed by atoms with E-state index in [2.05, 4.69) is 15.6 Å². The summed E-state index contributed by atoms with van der Waals surface area (Å²) in [7, 11) is 0. The average Bonchev–Trinajstić information content (AvgIpc) is 3.13. The summed E-state index contributed by atoms with van der Waals surface area (Å²) in [5.41, 5.74) is 0.802. The van der Waals surface area contributed by atoms with Crippen LogP contribution < -0.4 is 10.6 Å². The molecule has 2 atom stereocenters. The number of benzene rings is 1. The number of rotatable bonds is 9. The van der Waals surface area contributed by atoms with Gasteiger partial charge in [-0.1, -0.05) is 23.7 Å². The van der Waals surface area contributed by atoms with Crippen molar-refractivity contribution in [1.29, 1.82) is 0 Å². The molecule has 8 heteroatoms. The van der Waals surface area contributed by atoms with E-state index in [9.17, 15) is 5.11 Å². The number of hydrogen-bond donors (Lipinski definition) is 3. The molecule has 0 saturated carbocycles. The van der Waals surface area contributed by atoms with Crippen LogP contribution in [0, 0.1) is 0 Å². The number of aliphatic imine (C=N–C) groups is 1. The topological polar surface area (TPSA) is 75.1 Å². The molecule has 0 bridgehead atoms. The van der Waals surface area contributed by atoms with Crippen molar-refractivity contribution in [2.45, 2.75) is 32.0 Å². The molecule has 1 saturated heterocycles. The number of nitrogens with one attached hydrogen (secondary N) is 2. The first-order chi connectivity index (χ1) is 12.2. The molecule has 1 aromatic carbocycles. The second-order valence-electron chi connectivity index (χ2n) is 5.92. The molecule has 2 unspecified atom stereocenters. The zero-order chi connectivity index (χ0) is 17.9. The maximum atomic E-state index is 10.2. The van der Waals surface area contributed by atoms with E-state index in [1.165, 1.54) is 0 Å². The molecular weight excluding hydrogens is 469 g/mol. The van der Waals surface area contributed by atoms with Crippen LogP contribution in [0.15, 0.2) is 29.3 Å². The predicted octanol–water partition coefficient (Wildman–Crippen LogP) is 2.74. The molecule has 0 aromatic heterocycles. The van der Waals surface area contributed by atoms with E-state index in [4.69, 9.17) is 21.1 Å². The highest BCUT2D eigenvalue weighted by Gasteiger charge is 2.15. The third-order valence-corrected chi connectivity index (χ3v) is 4.13. The van der Waals surface area contributed by atoms with Crippen molar-refractivity contribution in [3.05, 3.63) is 34.9 Å². The van der Waals surface area contributed by atoms with Crippen molar-refractivity contribution in [3.8, 4) is 0 Å². The molecule has 148 valence electrons. The molecule has 0 amide bonds. The maximum Gasteiger partial charge on any atom is 0.191 e. The minimum atomic E-state index is -0.654. The van der Waals surface area contributed by atoms with Crippen LogP contribution in [0.5, 0.6) is 0 Å². The summed E-state index contributed by atoms with van der Waals surface area (Å²) >= 11 is 5.86. The fraction of sp³-hybridized carbons (Fsp3) is 0.611. The Morgan fingerprint density at radius 3 is 2.81 bits per heavy atom. The van der Waals surface area contributed by atoms with Gasteiger partial charge in [0.1, 0.15) is 0 Å². The summed E-state index contributed by atoms with van der Waals surface area (Å²) in [5, 5.41) is 17.3. The van der Waals surface area contributed by atoms with E-state index in [1.807, 2.05) is 19.1 Å². The van der Waals surface area contributed by atoms with E-state index in [1.54, 1.807) is 12.1 Å². The summed E-state index contributed by atoms with van der Waals surface area (Å²) in [6.07, 6.45) is 1.47. The molecule has 1 fully saturated rings. The summed E-state index contributed by atoms with van der Waals surface area (Å²) in [6, 6.07) is 7.16. The maximum absolute atomic E-state index is 10.2. The molecule has 6 nitrogen and oxygen atoms in total. The molecule has 2 rings (SSSR count). The van der Waals surface area contributed by atoms with Crippen LogP contribution in [0.1, 0.15) is 31.4 Å². The third kappa shape index (κ3) is 8.85. The number of aliphatic hydroxyl groups is 1. The third-order valence-electron chi connectivity index (χ3n) is 3.88. The summed E-state index contributed by atoms with van der Waals surface area (Å²) in [5.74, 6) is 0.694. The van der Waals surface area contributed by atoms with Crippen LogP contribution in [-0.2, 0) is 9.47 Å². The van der Waals surface area contributed by atoms with E-state index >= 15 is 0 Å². The molecule has 1 aliphatic heterocycles. The number of aliphatic hydroxyl groups excluding tert-OH is 1. The van der Waals surface area contributed by atoms with Crippen LogP contribution in [0.2, 0.25) is 5.02 Å². The van der Waals surface area contributed by atoms with Gasteiger partial charge in [-0.15, -0.1) is 24.0 Å². The summed E-state index contributed by atoms with van der Waals surface area (Å²) in [6.45, 7) is 6.03. The lowest BCUT2D eigenvalue weighted by Gasteiger charge is -2.14. The number of nitrogens with zero attached hydrogens (tertiary/aromatic N) is 1. The lowest BCUT2D eigenvalue weighted by molar-refractivity contribution is 0.0420. The Balaban J connectivity index is 0.00000338. The minimum Gasteiger partial charge on any atom is -0.386 e. The first-order valence-electron chi connectivity index (χ1n) is 8.84. The standard InChI is InChI=1S/C18H28ClN3O3.HI/c1-2-20-18(21-9-3-10-25-16-8-11-24-13-16)22-12-17(23)14-4-6-15(19)7-5-14;/h4-7,16-17,23H,2-3,8-13H2,1H3,(H2,20,21,22);1H. The van der Waals surface area contributed by atoms with Crippen molar-refractivity contribution in [1.82, 2.24) is 10.6 Å². The van der Waals surface area contributed by atoms with Crippen molar-refractivity contribution >= 4 is 41.5 Å². The first kappa shape index (κ1) is 23.4. The van der Waals surface area contributed by atoms with Gasteiger partial charge in [0.15, 0.2) is 5.96 Å². The largest absolute Gasteiger partial charge is 0.386 e. The van der Waals surface area contributed by atoms with Gasteiger partial charge in [0.25, 0.3) is 0 Å². The molecule has 0 radical (unpaired) electrons. The van der Waals surface area contributed by atoms with Gasteiger partial charge in [0.05, 0.1) is 25.4 Å². The highest BCUT2D eigenvalue weighted by atomic mass is 127. The van der Waals surface area contributed by atoms with Crippen LogP contribution in [0.3, 0.4) is 0 Å². The van der Waals surface area contributed by atoms with E-state index in [0.29, 0.717) is 24.2 Å². The van der Waals surface area contributed by atoms with Gasteiger partial charge in [-0.3, -0.25) is 4.99 Å². The lowest BCUT2D eigenvalue weighted by Crippen LogP contribution is -2.38. The molecule has 0 spiro atoms. The van der Waals surface area contributed by atoms with Gasteiger partial charge < -0.3 is 25.2 Å². The monoisotopic (exact) mass is 497 g/mol. The molecule has 1 heterocycles. The molecular formula is C18H29ClIN3O3. The number of guanidine groups is 1. The van der Waals surface area contributed by atoms with Crippen molar-refractivity contribution in [2.24, 2.45) is 4.99 Å². The van der Waals surface area contributed by atoms with Gasteiger partial charge in [-0.25, -0.2) is 0 Å². The molecule has 3 N–H and O–H groups in total. The molecule has 1 aromatic rings. The second-order valence-corrected chi connectivity index (χ2v) is 6.36. The zero-order valence-corrected chi connectivity index (χ0v) is 18.2. The van der Waals surface area contributed by atoms with E-state index in [-0.39, 0.29) is 36.6 Å². The normalized spacial score (nSPS) is 18.3.